The average molecular weight is 526 g/mol. The van der Waals surface area contributed by atoms with Gasteiger partial charge in [-0.1, -0.05) is 13.8 Å². The maximum Gasteiger partial charge on any atom is 0.337 e. The molecule has 11 heteroatoms. The van der Waals surface area contributed by atoms with Crippen LogP contribution in [0.1, 0.15) is 57.8 Å². The fourth-order valence-corrected chi connectivity index (χ4v) is 4.16. The summed E-state index contributed by atoms with van der Waals surface area (Å²) in [5, 5.41) is 11.5. The van der Waals surface area contributed by atoms with Crippen LogP contribution in [0.25, 0.3) is 0 Å². The molecule has 2 aromatic rings. The molecule has 1 aromatic carbocycles. The zero-order chi connectivity index (χ0) is 28.2. The molecule has 1 aromatic heterocycles. The van der Waals surface area contributed by atoms with Crippen molar-refractivity contribution in [3.8, 4) is 0 Å². The van der Waals surface area contributed by atoms with Gasteiger partial charge in [-0.25, -0.2) is 9.78 Å². The van der Waals surface area contributed by atoms with Gasteiger partial charge in [0.1, 0.15) is 18.1 Å². The number of amides is 2. The predicted octanol–water partition coefficient (Wildman–Crippen LogP) is 2.11. The molecule has 2 N–H and O–H groups in total. The summed E-state index contributed by atoms with van der Waals surface area (Å²) in [6.07, 6.45) is 2.95. The highest BCUT2D eigenvalue weighted by Gasteiger charge is 2.28. The lowest BCUT2D eigenvalue weighted by Gasteiger charge is -2.37. The second kappa shape index (κ2) is 14.5. The summed E-state index contributed by atoms with van der Waals surface area (Å²) in [5.41, 5.74) is 1.31. The number of aromatic carboxylic acids is 1. The van der Waals surface area contributed by atoms with Gasteiger partial charge in [0.05, 0.1) is 11.1 Å². The molecule has 0 spiro atoms. The van der Waals surface area contributed by atoms with Gasteiger partial charge in [-0.2, -0.15) is 0 Å². The monoisotopic (exact) mass is 525 g/mol. The Labute approximate surface area is 222 Å². The Morgan fingerprint density at radius 1 is 1.08 bits per heavy atom. The van der Waals surface area contributed by atoms with Crippen molar-refractivity contribution in [2.75, 3.05) is 50.1 Å². The standard InChI is InChI=1S/C25H29N5O6.C2H6/c1-26-23(33)21(4-3-13-31)28(2)24(34)20-7-6-19(14-18(20)16-32)29-9-11-30(12-10-29)22-8-5-17(15-27-22)25(35)36;1-2/h5-8,13-16,21H,3-4,9-12H2,1-2H3,(H,26,33)(H,35,36);1-2H3. The lowest BCUT2D eigenvalue weighted by molar-refractivity contribution is -0.125. The maximum atomic E-state index is 13.1. The molecular formula is C27H35N5O6. The number of hydrogen-bond donors (Lipinski definition) is 2. The number of carbonyl (C=O) groups is 5. The second-order valence-corrected chi connectivity index (χ2v) is 8.36. The van der Waals surface area contributed by atoms with Crippen molar-refractivity contribution in [1.29, 1.82) is 0 Å². The van der Waals surface area contributed by atoms with Crippen LogP contribution in [-0.2, 0) is 9.59 Å². The molecule has 2 amide bonds. The van der Waals surface area contributed by atoms with Crippen molar-refractivity contribution in [1.82, 2.24) is 15.2 Å². The number of hydrogen-bond acceptors (Lipinski definition) is 8. The highest BCUT2D eigenvalue weighted by atomic mass is 16.4. The van der Waals surface area contributed by atoms with E-state index in [1.807, 2.05) is 18.7 Å². The molecule has 1 atom stereocenters. The van der Waals surface area contributed by atoms with Gasteiger partial charge < -0.3 is 29.9 Å². The Hall–Kier alpha value is -4.28. The Morgan fingerprint density at radius 3 is 2.26 bits per heavy atom. The maximum absolute atomic E-state index is 13.1. The lowest BCUT2D eigenvalue weighted by Crippen LogP contribution is -2.47. The zero-order valence-electron chi connectivity index (χ0n) is 22.2. The van der Waals surface area contributed by atoms with Crippen molar-refractivity contribution >= 4 is 41.9 Å². The van der Waals surface area contributed by atoms with Gasteiger partial charge in [0.25, 0.3) is 5.91 Å². The smallest absolute Gasteiger partial charge is 0.337 e. The zero-order valence-corrected chi connectivity index (χ0v) is 22.2. The third-order valence-electron chi connectivity index (χ3n) is 6.25. The van der Waals surface area contributed by atoms with Gasteiger partial charge >= 0.3 is 5.97 Å². The number of carboxylic acids is 1. The van der Waals surface area contributed by atoms with E-state index < -0.39 is 17.9 Å². The molecule has 38 heavy (non-hydrogen) atoms. The third-order valence-corrected chi connectivity index (χ3v) is 6.25. The van der Waals surface area contributed by atoms with Gasteiger partial charge in [0.15, 0.2) is 6.29 Å². The number of nitrogens with one attached hydrogen (secondary N) is 1. The minimum absolute atomic E-state index is 0.125. The summed E-state index contributed by atoms with van der Waals surface area (Å²) in [6, 6.07) is 7.37. The lowest BCUT2D eigenvalue weighted by atomic mass is 10.0. The first-order valence-corrected chi connectivity index (χ1v) is 12.5. The van der Waals surface area contributed by atoms with Crippen LogP contribution in [0, 0.1) is 0 Å². The van der Waals surface area contributed by atoms with Crippen molar-refractivity contribution in [2.45, 2.75) is 32.7 Å². The fraction of sp³-hybridized carbons (Fsp3) is 0.407. The molecular weight excluding hydrogens is 490 g/mol. The summed E-state index contributed by atoms with van der Waals surface area (Å²) < 4.78 is 0. The molecule has 1 unspecified atom stereocenters. The number of carboxylic acid groups (broad SMARTS) is 1. The van der Waals surface area contributed by atoms with E-state index in [0.717, 1.165) is 5.69 Å². The molecule has 0 radical (unpaired) electrons. The molecule has 0 saturated carbocycles. The van der Waals surface area contributed by atoms with Crippen LogP contribution in [0.3, 0.4) is 0 Å². The number of nitrogens with zero attached hydrogens (tertiary/aromatic N) is 4. The van der Waals surface area contributed by atoms with Crippen molar-refractivity contribution < 1.29 is 29.1 Å². The number of benzene rings is 1. The van der Waals surface area contributed by atoms with Crippen molar-refractivity contribution in [3.05, 3.63) is 53.2 Å². The van der Waals surface area contributed by atoms with E-state index in [-0.39, 0.29) is 35.4 Å². The molecule has 11 nitrogen and oxygen atoms in total. The number of aldehydes is 2. The molecule has 1 aliphatic rings. The first-order valence-electron chi connectivity index (χ1n) is 12.5. The predicted molar refractivity (Wildman–Crippen MR) is 144 cm³/mol. The van der Waals surface area contributed by atoms with E-state index in [2.05, 4.69) is 15.2 Å². The number of pyridine rings is 1. The SMILES string of the molecule is CC.CNC(=O)C(CCC=O)N(C)C(=O)c1ccc(N2CCN(c3ccc(C(=O)O)cn3)CC2)cc1C=O. The number of carbonyl (C=O) groups excluding carboxylic acids is 4. The van der Waals surface area contributed by atoms with Crippen LogP contribution in [0.2, 0.25) is 0 Å². The van der Waals surface area contributed by atoms with Crippen LogP contribution in [0.5, 0.6) is 0 Å². The first kappa shape index (κ1) is 29.9. The highest BCUT2D eigenvalue weighted by molar-refractivity contribution is 6.03. The summed E-state index contributed by atoms with van der Waals surface area (Å²) in [4.78, 5) is 68.7. The Balaban J connectivity index is 0.00000247. The number of rotatable bonds is 10. The average Bonchev–Trinajstić information content (AvgIpc) is 2.97. The van der Waals surface area contributed by atoms with Crippen LogP contribution < -0.4 is 15.1 Å². The topological polar surface area (TPSA) is 140 Å². The molecule has 1 aliphatic heterocycles. The van der Waals surface area contributed by atoms with E-state index in [1.54, 1.807) is 24.3 Å². The number of aromatic nitrogens is 1. The summed E-state index contributed by atoms with van der Waals surface area (Å²) in [6.45, 7) is 6.56. The second-order valence-electron chi connectivity index (χ2n) is 8.36. The van der Waals surface area contributed by atoms with Gasteiger partial charge in [-0.3, -0.25) is 14.4 Å². The fourth-order valence-electron chi connectivity index (χ4n) is 4.16. The van der Waals surface area contributed by atoms with E-state index in [9.17, 15) is 24.0 Å². The van der Waals surface area contributed by atoms with Crippen molar-refractivity contribution in [3.63, 3.8) is 0 Å². The van der Waals surface area contributed by atoms with E-state index >= 15 is 0 Å². The quantitative estimate of drug-likeness (QED) is 0.446. The Bertz CT molecular complexity index is 1130. The third kappa shape index (κ3) is 7.15. The molecule has 1 saturated heterocycles. The summed E-state index contributed by atoms with van der Waals surface area (Å²) in [7, 11) is 2.94. The van der Waals surface area contributed by atoms with Crippen LogP contribution in [-0.4, -0.2) is 91.7 Å². The largest absolute Gasteiger partial charge is 0.478 e. The normalized spacial score (nSPS) is 13.5. The van der Waals surface area contributed by atoms with Crippen molar-refractivity contribution in [2.24, 2.45) is 0 Å². The minimum Gasteiger partial charge on any atom is -0.478 e. The minimum atomic E-state index is -1.02. The number of likely N-dealkylation sites (N-methyl/N-ethyl adjacent to an activating group) is 2. The highest BCUT2D eigenvalue weighted by Crippen LogP contribution is 2.23. The first-order chi connectivity index (χ1) is 18.3. The van der Waals surface area contributed by atoms with Gasteiger partial charge in [-0.05, 0) is 36.8 Å². The van der Waals surface area contributed by atoms with E-state index in [1.165, 1.54) is 31.3 Å². The van der Waals surface area contributed by atoms with Crippen LogP contribution in [0.15, 0.2) is 36.5 Å². The summed E-state index contributed by atoms with van der Waals surface area (Å²) >= 11 is 0. The van der Waals surface area contributed by atoms with Crippen LogP contribution in [0.4, 0.5) is 11.5 Å². The summed E-state index contributed by atoms with van der Waals surface area (Å²) in [5.74, 6) is -1.20. The Kier molecular flexibility index (Phi) is 11.4. The molecule has 2 heterocycles. The Morgan fingerprint density at radius 2 is 1.74 bits per heavy atom. The van der Waals surface area contributed by atoms with Gasteiger partial charge in [-0.15, -0.1) is 0 Å². The van der Waals surface area contributed by atoms with E-state index in [0.29, 0.717) is 44.6 Å². The molecule has 1 fully saturated rings. The number of anilines is 2. The molecule has 3 rings (SSSR count). The molecule has 204 valence electrons. The molecule has 0 aliphatic carbocycles. The van der Waals surface area contributed by atoms with Gasteiger partial charge in [0, 0.05) is 64.1 Å². The van der Waals surface area contributed by atoms with Gasteiger partial charge in [0.2, 0.25) is 5.91 Å². The van der Waals surface area contributed by atoms with E-state index in [4.69, 9.17) is 5.11 Å². The van der Waals surface area contributed by atoms with Crippen LogP contribution >= 0.6 is 0 Å². The number of piperazine rings is 1. The molecule has 0 bridgehead atoms.